The average molecular weight is 284 g/mol. The van der Waals surface area contributed by atoms with Gasteiger partial charge in [-0.05, 0) is 26.0 Å². The van der Waals surface area contributed by atoms with Crippen LogP contribution in [0.25, 0.3) is 0 Å². The minimum absolute atomic E-state index is 0.0462. The number of aromatic nitrogens is 3. The van der Waals surface area contributed by atoms with E-state index < -0.39 is 15.8 Å². The normalized spacial score (nSPS) is 11.7. The van der Waals surface area contributed by atoms with Crippen molar-refractivity contribution in [3.8, 4) is 0 Å². The summed E-state index contributed by atoms with van der Waals surface area (Å²) in [5.41, 5.74) is 0.850. The molecule has 0 amide bonds. The highest BCUT2D eigenvalue weighted by Gasteiger charge is 2.22. The number of rotatable bonds is 4. The minimum Gasteiger partial charge on any atom is -0.281 e. The van der Waals surface area contributed by atoms with Gasteiger partial charge in [0.05, 0.1) is 23.6 Å². The van der Waals surface area contributed by atoms with Crippen LogP contribution in [0, 0.1) is 19.7 Å². The topological polar surface area (TPSA) is 87.7 Å². The number of halogens is 1. The number of pyridine rings is 1. The second kappa shape index (κ2) is 5.06. The van der Waals surface area contributed by atoms with E-state index in [1.165, 1.54) is 18.3 Å². The van der Waals surface area contributed by atoms with Crippen molar-refractivity contribution in [3.05, 3.63) is 41.2 Å². The summed E-state index contributed by atoms with van der Waals surface area (Å²) in [6.45, 7) is 2.98. The summed E-state index contributed by atoms with van der Waals surface area (Å²) < 4.78 is 39.9. The van der Waals surface area contributed by atoms with Crippen molar-refractivity contribution < 1.29 is 12.8 Å². The quantitative estimate of drug-likeness (QED) is 0.878. The van der Waals surface area contributed by atoms with E-state index in [1.54, 1.807) is 13.8 Å². The molecular weight excluding hydrogens is 271 g/mol. The van der Waals surface area contributed by atoms with Gasteiger partial charge in [-0.3, -0.25) is 10.1 Å². The van der Waals surface area contributed by atoms with E-state index in [4.69, 9.17) is 0 Å². The molecule has 0 saturated heterocycles. The highest BCUT2D eigenvalue weighted by Crippen LogP contribution is 2.16. The molecule has 0 aliphatic rings. The highest BCUT2D eigenvalue weighted by molar-refractivity contribution is 7.89. The van der Waals surface area contributed by atoms with E-state index in [9.17, 15) is 12.8 Å². The predicted molar refractivity (Wildman–Crippen MR) is 66.3 cm³/mol. The van der Waals surface area contributed by atoms with E-state index in [-0.39, 0.29) is 17.1 Å². The fourth-order valence-corrected chi connectivity index (χ4v) is 3.07. The maximum absolute atomic E-state index is 13.3. The van der Waals surface area contributed by atoms with Gasteiger partial charge in [0.15, 0.2) is 0 Å². The zero-order valence-electron chi connectivity index (χ0n) is 10.4. The van der Waals surface area contributed by atoms with Gasteiger partial charge in [-0.25, -0.2) is 17.5 Å². The Labute approximate surface area is 110 Å². The molecule has 0 aliphatic carbocycles. The van der Waals surface area contributed by atoms with Gasteiger partial charge in [0.1, 0.15) is 10.7 Å². The van der Waals surface area contributed by atoms with Crippen LogP contribution in [0.2, 0.25) is 0 Å². The lowest BCUT2D eigenvalue weighted by atomic mass is 10.3. The molecule has 0 aromatic carbocycles. The SMILES string of the molecule is Cc1n[nH]c(C)c1S(=O)(=O)NCc1ncccc1F. The molecule has 0 unspecified atom stereocenters. The largest absolute Gasteiger partial charge is 0.281 e. The number of aryl methyl sites for hydroxylation is 2. The van der Waals surface area contributed by atoms with Gasteiger partial charge in [-0.1, -0.05) is 0 Å². The Balaban J connectivity index is 2.22. The maximum Gasteiger partial charge on any atom is 0.244 e. The molecule has 0 saturated carbocycles. The van der Waals surface area contributed by atoms with Gasteiger partial charge >= 0.3 is 0 Å². The summed E-state index contributed by atoms with van der Waals surface area (Å²) in [5, 5.41) is 6.41. The van der Waals surface area contributed by atoms with Gasteiger partial charge in [-0.15, -0.1) is 0 Å². The lowest BCUT2D eigenvalue weighted by molar-refractivity contribution is 0.568. The van der Waals surface area contributed by atoms with Crippen molar-refractivity contribution in [1.82, 2.24) is 19.9 Å². The van der Waals surface area contributed by atoms with E-state index in [2.05, 4.69) is 19.9 Å². The van der Waals surface area contributed by atoms with E-state index in [1.807, 2.05) is 0 Å². The zero-order chi connectivity index (χ0) is 14.0. The average Bonchev–Trinajstić information content (AvgIpc) is 2.69. The Hall–Kier alpha value is -1.80. The van der Waals surface area contributed by atoms with Crippen molar-refractivity contribution in [1.29, 1.82) is 0 Å². The van der Waals surface area contributed by atoms with Crippen LogP contribution in [0.15, 0.2) is 23.2 Å². The highest BCUT2D eigenvalue weighted by atomic mass is 32.2. The lowest BCUT2D eigenvalue weighted by Crippen LogP contribution is -2.25. The van der Waals surface area contributed by atoms with Crippen molar-refractivity contribution in [2.75, 3.05) is 0 Å². The van der Waals surface area contributed by atoms with Crippen LogP contribution in [0.3, 0.4) is 0 Å². The number of hydrogen-bond acceptors (Lipinski definition) is 4. The van der Waals surface area contributed by atoms with Crippen LogP contribution >= 0.6 is 0 Å². The van der Waals surface area contributed by atoms with Crippen molar-refractivity contribution in [2.45, 2.75) is 25.3 Å². The summed E-state index contributed by atoms with van der Waals surface area (Å²) in [7, 11) is -3.74. The molecular formula is C11H13FN4O2S. The fourth-order valence-electron chi connectivity index (χ4n) is 1.72. The van der Waals surface area contributed by atoms with Gasteiger partial charge < -0.3 is 0 Å². The Morgan fingerprint density at radius 3 is 2.74 bits per heavy atom. The number of hydrogen-bond donors (Lipinski definition) is 2. The number of nitrogens with one attached hydrogen (secondary N) is 2. The molecule has 0 bridgehead atoms. The third kappa shape index (κ3) is 2.79. The molecule has 2 rings (SSSR count). The van der Waals surface area contributed by atoms with Crippen LogP contribution in [0.4, 0.5) is 4.39 Å². The summed E-state index contributed by atoms with van der Waals surface area (Å²) in [6, 6.07) is 2.67. The van der Waals surface area contributed by atoms with E-state index in [0.29, 0.717) is 11.4 Å². The molecule has 0 radical (unpaired) electrons. The van der Waals surface area contributed by atoms with Gasteiger partial charge in [0.2, 0.25) is 10.0 Å². The minimum atomic E-state index is -3.74. The first-order valence-corrected chi connectivity index (χ1v) is 7.01. The molecule has 102 valence electrons. The first kappa shape index (κ1) is 13.6. The summed E-state index contributed by atoms with van der Waals surface area (Å²) >= 11 is 0. The molecule has 2 aromatic heterocycles. The molecule has 8 heteroatoms. The van der Waals surface area contributed by atoms with Gasteiger partial charge in [0, 0.05) is 6.20 Å². The molecule has 0 fully saturated rings. The Bertz CT molecular complexity index is 677. The standard InChI is InChI=1S/C11H13FN4O2S/c1-7-11(8(2)16-15-7)19(17,18)14-6-10-9(12)4-3-5-13-10/h3-5,14H,6H2,1-2H3,(H,15,16). The number of sulfonamides is 1. The van der Waals surface area contributed by atoms with Gasteiger partial charge in [0.25, 0.3) is 0 Å². The van der Waals surface area contributed by atoms with Crippen LogP contribution in [0.1, 0.15) is 17.1 Å². The molecule has 0 aliphatic heterocycles. The number of aromatic amines is 1. The first-order valence-electron chi connectivity index (χ1n) is 5.52. The molecule has 0 spiro atoms. The van der Waals surface area contributed by atoms with Crippen molar-refractivity contribution >= 4 is 10.0 Å². The van der Waals surface area contributed by atoms with Crippen LogP contribution in [0.5, 0.6) is 0 Å². The Kier molecular flexibility index (Phi) is 3.63. The van der Waals surface area contributed by atoms with Crippen molar-refractivity contribution in [2.24, 2.45) is 0 Å². The monoisotopic (exact) mass is 284 g/mol. The van der Waals surface area contributed by atoms with Gasteiger partial charge in [-0.2, -0.15) is 5.10 Å². The zero-order valence-corrected chi connectivity index (χ0v) is 11.3. The Morgan fingerprint density at radius 1 is 1.42 bits per heavy atom. The van der Waals surface area contributed by atoms with Crippen LogP contribution < -0.4 is 4.72 Å². The fraction of sp³-hybridized carbons (Fsp3) is 0.273. The second-order valence-electron chi connectivity index (χ2n) is 4.02. The molecule has 6 nitrogen and oxygen atoms in total. The maximum atomic E-state index is 13.3. The molecule has 2 aromatic rings. The van der Waals surface area contributed by atoms with Crippen LogP contribution in [-0.4, -0.2) is 23.6 Å². The molecule has 2 N–H and O–H groups in total. The second-order valence-corrected chi connectivity index (χ2v) is 5.72. The first-order chi connectivity index (χ1) is 8.92. The van der Waals surface area contributed by atoms with E-state index >= 15 is 0 Å². The Morgan fingerprint density at radius 2 is 2.16 bits per heavy atom. The number of nitrogens with zero attached hydrogens (tertiary/aromatic N) is 2. The van der Waals surface area contributed by atoms with Crippen molar-refractivity contribution in [3.63, 3.8) is 0 Å². The summed E-state index contributed by atoms with van der Waals surface area (Å²) in [6.07, 6.45) is 1.40. The predicted octanol–water partition coefficient (Wildman–Crippen LogP) is 1.04. The lowest BCUT2D eigenvalue weighted by Gasteiger charge is -2.06. The third-order valence-electron chi connectivity index (χ3n) is 2.59. The number of H-pyrrole nitrogens is 1. The van der Waals surface area contributed by atoms with E-state index in [0.717, 1.165) is 0 Å². The third-order valence-corrected chi connectivity index (χ3v) is 4.26. The summed E-state index contributed by atoms with van der Waals surface area (Å²) in [5.74, 6) is -0.550. The molecule has 2 heterocycles. The smallest absolute Gasteiger partial charge is 0.244 e. The molecule has 19 heavy (non-hydrogen) atoms. The summed E-state index contributed by atoms with van der Waals surface area (Å²) in [4.78, 5) is 3.87. The van der Waals surface area contributed by atoms with Crippen LogP contribution in [-0.2, 0) is 16.6 Å². The molecule has 0 atom stereocenters.